The molecule has 0 bridgehead atoms. The van der Waals surface area contributed by atoms with Gasteiger partial charge in [0.1, 0.15) is 5.71 Å². The predicted octanol–water partition coefficient (Wildman–Crippen LogP) is 5.31. The Balaban J connectivity index is 2.26. The van der Waals surface area contributed by atoms with E-state index in [1.165, 1.54) is 0 Å². The van der Waals surface area contributed by atoms with Gasteiger partial charge in [-0.25, -0.2) is 4.98 Å². The molecule has 1 aromatic carbocycles. The van der Waals surface area contributed by atoms with Crippen LogP contribution in [0, 0.1) is 5.41 Å². The van der Waals surface area contributed by atoms with Crippen LogP contribution in [0.1, 0.15) is 33.6 Å². The molecule has 0 aliphatic carbocycles. The highest BCUT2D eigenvalue weighted by Gasteiger charge is 2.16. The van der Waals surface area contributed by atoms with E-state index in [0.717, 1.165) is 10.4 Å². The highest BCUT2D eigenvalue weighted by atomic mass is 32.2. The summed E-state index contributed by atoms with van der Waals surface area (Å²) in [5.74, 6) is 0.910. The van der Waals surface area contributed by atoms with Crippen LogP contribution in [-0.4, -0.2) is 37.8 Å². The largest absolute Gasteiger partial charge is 0.435 e. The summed E-state index contributed by atoms with van der Waals surface area (Å²) in [5, 5.41) is 8.10. The Morgan fingerprint density at radius 2 is 1.83 bits per heavy atom. The van der Waals surface area contributed by atoms with Gasteiger partial charge in [-0.3, -0.25) is 9.20 Å². The predicted molar refractivity (Wildman–Crippen MR) is 129 cm³/mol. The van der Waals surface area contributed by atoms with Gasteiger partial charge in [0.2, 0.25) is 5.89 Å². The highest BCUT2D eigenvalue weighted by molar-refractivity contribution is 8.05. The smallest absolute Gasteiger partial charge is 0.247 e. The Morgan fingerprint density at radius 3 is 2.40 bits per heavy atom. The molecule has 2 atom stereocenters. The van der Waals surface area contributed by atoms with Gasteiger partial charge in [0.25, 0.3) is 0 Å². The summed E-state index contributed by atoms with van der Waals surface area (Å²) in [6.07, 6.45) is 6.81. The normalized spacial score (nSPS) is 14.9. The van der Waals surface area contributed by atoms with Crippen molar-refractivity contribution in [2.45, 2.75) is 33.7 Å². The molecule has 2 unspecified atom stereocenters. The molecule has 30 heavy (non-hydrogen) atoms. The Labute approximate surface area is 179 Å². The van der Waals surface area contributed by atoms with Gasteiger partial charge in [-0.15, -0.1) is 0 Å². The molecular formula is C24H29N3O2S. The summed E-state index contributed by atoms with van der Waals surface area (Å²) >= 11 is 0. The van der Waals surface area contributed by atoms with Gasteiger partial charge in [0, 0.05) is 16.7 Å². The monoisotopic (exact) mass is 423 g/mol. The van der Waals surface area contributed by atoms with Crippen LogP contribution in [0.15, 0.2) is 81.7 Å². The summed E-state index contributed by atoms with van der Waals surface area (Å²) in [7, 11) is -2.25. The third kappa shape index (κ3) is 5.54. The molecule has 1 heterocycles. The molecule has 158 valence electrons. The summed E-state index contributed by atoms with van der Waals surface area (Å²) in [6.45, 7) is 15.2. The summed E-state index contributed by atoms with van der Waals surface area (Å²) < 4.78 is 18.5. The van der Waals surface area contributed by atoms with E-state index in [-0.39, 0.29) is 11.8 Å². The number of hydrogen-bond donors (Lipinski definition) is 1. The summed E-state index contributed by atoms with van der Waals surface area (Å²) in [6, 6.07) is 9.32. The fraction of sp³-hybridized carbons (Fsp3) is 0.250. The van der Waals surface area contributed by atoms with Crippen molar-refractivity contribution >= 4 is 25.8 Å². The van der Waals surface area contributed by atoms with Crippen LogP contribution in [0.5, 0.6) is 0 Å². The first-order valence-electron chi connectivity index (χ1n) is 9.54. The van der Waals surface area contributed by atoms with Crippen LogP contribution in [0.25, 0.3) is 11.3 Å². The van der Waals surface area contributed by atoms with Gasteiger partial charge < -0.3 is 9.83 Å². The van der Waals surface area contributed by atoms with Crippen molar-refractivity contribution in [2.24, 2.45) is 4.99 Å². The Kier molecular flexibility index (Phi) is 7.51. The Bertz CT molecular complexity index is 1140. The lowest BCUT2D eigenvalue weighted by atomic mass is 10.1. The molecule has 0 saturated carbocycles. The first-order chi connectivity index (χ1) is 14.0. The average molecular weight is 424 g/mol. The van der Waals surface area contributed by atoms with Crippen molar-refractivity contribution in [3.63, 3.8) is 0 Å². The number of nitrogens with one attached hydrogen (secondary N) is 1. The molecule has 0 aliphatic heterocycles. The van der Waals surface area contributed by atoms with Gasteiger partial charge in [0.05, 0.1) is 18.0 Å². The van der Waals surface area contributed by atoms with E-state index in [4.69, 9.17) is 9.83 Å². The minimum atomic E-state index is -2.25. The van der Waals surface area contributed by atoms with E-state index in [9.17, 15) is 4.21 Å². The topological polar surface area (TPSA) is 79.3 Å². The lowest BCUT2D eigenvalue weighted by Gasteiger charge is -2.10. The number of oxazole rings is 1. The Morgan fingerprint density at radius 1 is 1.20 bits per heavy atom. The minimum absolute atomic E-state index is 0.247. The molecule has 6 heteroatoms. The summed E-state index contributed by atoms with van der Waals surface area (Å²) in [4.78, 5) is 10.3. The van der Waals surface area contributed by atoms with Crippen LogP contribution in [0.4, 0.5) is 0 Å². The van der Waals surface area contributed by atoms with E-state index in [0.29, 0.717) is 27.8 Å². The summed E-state index contributed by atoms with van der Waals surface area (Å²) in [5.41, 5.74) is 2.23. The molecule has 1 aromatic heterocycles. The molecule has 1 N–H and O–H groups in total. The van der Waals surface area contributed by atoms with E-state index < -0.39 is 9.52 Å². The number of benzene rings is 1. The second-order valence-electron chi connectivity index (χ2n) is 7.30. The molecule has 0 saturated heterocycles. The standard InChI is InChI=1S/C24H29N3O2S/c1-16(2)30(7,28)18(4)14-13-17(3)20(6)27-23(19(5)25)24-26-15-22(29-24)21-11-9-8-10-12-21/h8-15,20,25H,3-4H2,1-2,5-7H3/b14-13-,25-19?,27-23?. The molecular weight excluding hydrogens is 394 g/mol. The minimum Gasteiger partial charge on any atom is -0.435 e. The number of nitrogens with zero attached hydrogens (tertiary/aromatic N) is 2. The zero-order valence-electron chi connectivity index (χ0n) is 18.2. The fourth-order valence-corrected chi connectivity index (χ4v) is 3.29. The van der Waals surface area contributed by atoms with Gasteiger partial charge in [-0.2, -0.15) is 0 Å². The second-order valence-corrected chi connectivity index (χ2v) is 10.3. The molecule has 0 spiro atoms. The van der Waals surface area contributed by atoms with E-state index >= 15 is 0 Å². The maximum absolute atomic E-state index is 12.6. The van der Waals surface area contributed by atoms with Crippen molar-refractivity contribution < 1.29 is 8.63 Å². The lowest BCUT2D eigenvalue weighted by Crippen LogP contribution is -2.15. The average Bonchev–Trinajstić information content (AvgIpc) is 3.19. The van der Waals surface area contributed by atoms with Gasteiger partial charge in [-0.1, -0.05) is 49.6 Å². The second kappa shape index (κ2) is 9.67. The first-order valence-corrected chi connectivity index (χ1v) is 11.5. The van der Waals surface area contributed by atoms with Gasteiger partial charge in [0.15, 0.2) is 5.76 Å². The number of hydrogen-bond acceptors (Lipinski definition) is 5. The lowest BCUT2D eigenvalue weighted by molar-refractivity contribution is 0.561. The number of aliphatic imine (C=N–C) groups is 1. The molecule has 0 radical (unpaired) electrons. The third-order valence-corrected chi connectivity index (χ3v) is 7.44. The third-order valence-electron chi connectivity index (χ3n) is 4.74. The first kappa shape index (κ1) is 23.3. The quantitative estimate of drug-likeness (QED) is 0.355. The SMILES string of the molecule is C=C(/C=C\C(=C)S(C)(=O)=C(C)C)C(C)N=C(C(C)=N)c1ncc(-c2ccccc2)o1. The molecule has 0 amide bonds. The van der Waals surface area contributed by atoms with Crippen molar-refractivity contribution in [2.75, 3.05) is 6.26 Å². The maximum Gasteiger partial charge on any atom is 0.247 e. The molecule has 2 rings (SSSR count). The number of aromatic nitrogens is 1. The molecule has 2 aromatic rings. The highest BCUT2D eigenvalue weighted by Crippen LogP contribution is 2.21. The number of allylic oxidation sites excluding steroid dienone is 1. The van der Waals surface area contributed by atoms with Crippen molar-refractivity contribution in [3.8, 4) is 11.3 Å². The van der Waals surface area contributed by atoms with Crippen LogP contribution < -0.4 is 0 Å². The maximum atomic E-state index is 12.6. The van der Waals surface area contributed by atoms with Crippen LogP contribution in [-0.2, 0) is 9.52 Å². The fourth-order valence-electron chi connectivity index (χ4n) is 2.44. The van der Waals surface area contributed by atoms with E-state index in [1.807, 2.05) is 51.1 Å². The van der Waals surface area contributed by atoms with E-state index in [1.54, 1.807) is 31.5 Å². The van der Waals surface area contributed by atoms with E-state index in [2.05, 4.69) is 23.1 Å². The van der Waals surface area contributed by atoms with Crippen LogP contribution in [0.3, 0.4) is 0 Å². The van der Waals surface area contributed by atoms with Crippen molar-refractivity contribution in [3.05, 3.63) is 78.2 Å². The van der Waals surface area contributed by atoms with Gasteiger partial charge >= 0.3 is 0 Å². The van der Waals surface area contributed by atoms with Crippen LogP contribution >= 0.6 is 0 Å². The molecule has 0 fully saturated rings. The number of rotatable bonds is 8. The molecule has 5 nitrogen and oxygen atoms in total. The van der Waals surface area contributed by atoms with Crippen molar-refractivity contribution in [1.29, 1.82) is 5.41 Å². The van der Waals surface area contributed by atoms with Crippen molar-refractivity contribution in [1.82, 2.24) is 4.98 Å². The Hall–Kier alpha value is -2.99. The zero-order valence-corrected chi connectivity index (χ0v) is 19.0. The van der Waals surface area contributed by atoms with Crippen LogP contribution in [0.2, 0.25) is 0 Å². The molecule has 0 aliphatic rings. The zero-order chi connectivity index (χ0) is 22.5. The van der Waals surface area contributed by atoms with Gasteiger partial charge in [-0.05, 0) is 53.7 Å².